The molecule has 0 fully saturated rings. The number of anilines is 1. The molecule has 0 saturated carbocycles. The fourth-order valence-electron chi connectivity index (χ4n) is 4.01. The molecule has 128 valence electrons. The molecule has 0 aliphatic carbocycles. The lowest BCUT2D eigenvalue weighted by Gasteiger charge is -2.12. The lowest BCUT2D eigenvalue weighted by Crippen LogP contribution is -2.42. The largest absolute Gasteiger partial charge is 0.358 e. The van der Waals surface area contributed by atoms with Gasteiger partial charge in [0.15, 0.2) is 5.78 Å². The van der Waals surface area contributed by atoms with E-state index in [9.17, 15) is 4.79 Å². The van der Waals surface area contributed by atoms with Crippen molar-refractivity contribution in [2.24, 2.45) is 0 Å². The van der Waals surface area contributed by atoms with Crippen LogP contribution < -0.4 is 9.88 Å². The van der Waals surface area contributed by atoms with Gasteiger partial charge in [0.1, 0.15) is 17.6 Å². The Morgan fingerprint density at radius 2 is 1.81 bits per heavy atom. The number of hydrogen-bond acceptors (Lipinski definition) is 2. The van der Waals surface area contributed by atoms with Gasteiger partial charge in [0, 0.05) is 12.0 Å². The molecule has 0 amide bonds. The van der Waals surface area contributed by atoms with Gasteiger partial charge in [-0.2, -0.15) is 0 Å². The normalized spacial score (nSPS) is 13.5. The lowest BCUT2D eigenvalue weighted by atomic mass is 10.0. The summed E-state index contributed by atoms with van der Waals surface area (Å²) in [7, 11) is 0. The van der Waals surface area contributed by atoms with E-state index >= 15 is 0 Å². The van der Waals surface area contributed by atoms with E-state index in [1.54, 1.807) is 0 Å². The number of rotatable bonds is 3. The second-order valence-corrected chi connectivity index (χ2v) is 6.78. The minimum atomic E-state index is 0.137. The quantitative estimate of drug-likeness (QED) is 0.454. The molecule has 0 bridgehead atoms. The third-order valence-electron chi connectivity index (χ3n) is 5.21. The standard InChI is InChI=1S/C22H19N3O/c26-21(18-10-5-8-16-7-1-2-9-17(16)18)15-25-20-12-4-3-11-19(20)24-14-6-13-23-22(24)25/h1-5,7-12H,6,13-15H2/p+1. The summed E-state index contributed by atoms with van der Waals surface area (Å²) in [6.07, 6.45) is 1.10. The Hall–Kier alpha value is -3.14. The first-order valence-electron chi connectivity index (χ1n) is 9.09. The van der Waals surface area contributed by atoms with Gasteiger partial charge < -0.3 is 0 Å². The Labute approximate surface area is 151 Å². The molecule has 5 rings (SSSR count). The van der Waals surface area contributed by atoms with Crippen LogP contribution in [0.4, 0.5) is 5.95 Å². The number of hydrogen-bond donors (Lipinski definition) is 1. The van der Waals surface area contributed by atoms with Crippen LogP contribution in [0.3, 0.4) is 0 Å². The molecule has 0 radical (unpaired) electrons. The van der Waals surface area contributed by atoms with E-state index in [1.807, 2.05) is 36.4 Å². The summed E-state index contributed by atoms with van der Waals surface area (Å²) in [4.78, 5) is 13.2. The highest BCUT2D eigenvalue weighted by Gasteiger charge is 2.27. The van der Waals surface area contributed by atoms with Crippen LogP contribution in [0.1, 0.15) is 16.8 Å². The number of aryl methyl sites for hydroxylation is 1. The number of benzene rings is 3. The maximum Gasteiger partial charge on any atom is 0.358 e. The van der Waals surface area contributed by atoms with Crippen LogP contribution in [0.25, 0.3) is 21.8 Å². The molecule has 1 aliphatic heterocycles. The maximum atomic E-state index is 13.2. The number of carbonyl (C=O) groups is 1. The molecule has 3 aromatic carbocycles. The Morgan fingerprint density at radius 1 is 1.00 bits per heavy atom. The molecule has 2 heterocycles. The van der Waals surface area contributed by atoms with Crippen LogP contribution >= 0.6 is 0 Å². The second-order valence-electron chi connectivity index (χ2n) is 6.78. The van der Waals surface area contributed by atoms with Crippen molar-refractivity contribution in [2.75, 3.05) is 11.9 Å². The van der Waals surface area contributed by atoms with Gasteiger partial charge in [-0.15, -0.1) is 0 Å². The van der Waals surface area contributed by atoms with Crippen molar-refractivity contribution in [1.29, 1.82) is 0 Å². The molecule has 26 heavy (non-hydrogen) atoms. The van der Waals surface area contributed by atoms with Crippen LogP contribution in [0.2, 0.25) is 0 Å². The zero-order valence-electron chi connectivity index (χ0n) is 14.5. The molecule has 0 unspecified atom stereocenters. The number of Topliss-reactive ketones (excluding diaryl/α,β-unsaturated/α-hetero) is 1. The summed E-state index contributed by atoms with van der Waals surface area (Å²) in [5.41, 5.74) is 3.07. The summed E-state index contributed by atoms with van der Waals surface area (Å²) in [6.45, 7) is 2.26. The number of ketones is 1. The number of nitrogens with zero attached hydrogens (tertiary/aromatic N) is 2. The van der Waals surface area contributed by atoms with E-state index in [1.165, 1.54) is 5.52 Å². The van der Waals surface area contributed by atoms with Crippen molar-refractivity contribution in [3.8, 4) is 0 Å². The predicted octanol–water partition coefficient (Wildman–Crippen LogP) is 3.78. The highest BCUT2D eigenvalue weighted by molar-refractivity contribution is 6.08. The second kappa shape index (κ2) is 5.99. The SMILES string of the molecule is O=C(Cn1c2[n+](c3ccccc31)CCCN2)c1cccc2ccccc12. The highest BCUT2D eigenvalue weighted by atomic mass is 16.1. The fraction of sp³-hybridized carbons (Fsp3) is 0.182. The Bertz CT molecular complexity index is 1140. The van der Waals surface area contributed by atoms with Crippen LogP contribution in [0.5, 0.6) is 0 Å². The van der Waals surface area contributed by atoms with Crippen LogP contribution in [0, 0.1) is 0 Å². The zero-order chi connectivity index (χ0) is 17.5. The van der Waals surface area contributed by atoms with Crippen LogP contribution in [-0.2, 0) is 13.1 Å². The number of nitrogens with one attached hydrogen (secondary N) is 1. The van der Waals surface area contributed by atoms with E-state index in [-0.39, 0.29) is 5.78 Å². The summed E-state index contributed by atoms with van der Waals surface area (Å²) >= 11 is 0. The molecule has 1 N–H and O–H groups in total. The average molecular weight is 342 g/mol. The molecule has 1 aliphatic rings. The molecule has 4 heteroatoms. The van der Waals surface area contributed by atoms with Gasteiger partial charge in [-0.05, 0) is 22.9 Å². The van der Waals surface area contributed by atoms with Crippen molar-refractivity contribution in [1.82, 2.24) is 4.57 Å². The predicted molar refractivity (Wildman–Crippen MR) is 104 cm³/mol. The van der Waals surface area contributed by atoms with Crippen molar-refractivity contribution in [2.45, 2.75) is 19.5 Å². The molecular weight excluding hydrogens is 322 g/mol. The van der Waals surface area contributed by atoms with Gasteiger partial charge in [0.05, 0.1) is 13.1 Å². The van der Waals surface area contributed by atoms with Gasteiger partial charge in [-0.25, -0.2) is 9.13 Å². The molecule has 4 aromatic rings. The zero-order valence-corrected chi connectivity index (χ0v) is 14.5. The first-order valence-corrected chi connectivity index (χ1v) is 9.09. The van der Waals surface area contributed by atoms with E-state index in [2.05, 4.69) is 44.8 Å². The monoisotopic (exact) mass is 342 g/mol. The lowest BCUT2D eigenvalue weighted by molar-refractivity contribution is -0.661. The van der Waals surface area contributed by atoms with E-state index in [4.69, 9.17) is 0 Å². The third kappa shape index (κ3) is 2.30. The van der Waals surface area contributed by atoms with Gasteiger partial charge in [0.2, 0.25) is 0 Å². The molecular formula is C22H20N3O+. The average Bonchev–Trinajstić information content (AvgIpc) is 3.02. The molecule has 1 aromatic heterocycles. The summed E-state index contributed by atoms with van der Waals surface area (Å²) in [5, 5.41) is 5.61. The minimum Gasteiger partial charge on any atom is -0.291 e. The molecule has 0 atom stereocenters. The number of aromatic nitrogens is 2. The molecule has 4 nitrogen and oxygen atoms in total. The Morgan fingerprint density at radius 3 is 2.77 bits per heavy atom. The summed E-state index contributed by atoms with van der Waals surface area (Å²) < 4.78 is 4.41. The fourth-order valence-corrected chi connectivity index (χ4v) is 4.01. The van der Waals surface area contributed by atoms with Gasteiger partial charge in [-0.1, -0.05) is 54.6 Å². The first-order chi connectivity index (χ1) is 12.8. The number of fused-ring (bicyclic) bond motifs is 4. The molecule has 0 spiro atoms. The smallest absolute Gasteiger partial charge is 0.291 e. The summed E-state index contributed by atoms with van der Waals surface area (Å²) in [6, 6.07) is 22.3. The van der Waals surface area contributed by atoms with Crippen LogP contribution in [0.15, 0.2) is 66.7 Å². The summed E-state index contributed by atoms with van der Waals surface area (Å²) in [5.74, 6) is 1.17. The van der Waals surface area contributed by atoms with E-state index in [0.29, 0.717) is 6.54 Å². The van der Waals surface area contributed by atoms with Gasteiger partial charge >= 0.3 is 5.95 Å². The van der Waals surface area contributed by atoms with Crippen molar-refractivity contribution < 1.29 is 9.36 Å². The Kier molecular flexibility index (Phi) is 3.49. The van der Waals surface area contributed by atoms with Crippen molar-refractivity contribution in [3.63, 3.8) is 0 Å². The Balaban J connectivity index is 1.62. The van der Waals surface area contributed by atoms with Crippen molar-refractivity contribution in [3.05, 3.63) is 72.3 Å². The van der Waals surface area contributed by atoms with Gasteiger partial charge in [-0.3, -0.25) is 10.1 Å². The minimum absolute atomic E-state index is 0.137. The first kappa shape index (κ1) is 15.1. The molecule has 0 saturated heterocycles. The van der Waals surface area contributed by atoms with Gasteiger partial charge in [0.25, 0.3) is 0 Å². The highest BCUT2D eigenvalue weighted by Crippen LogP contribution is 2.23. The number of para-hydroxylation sites is 2. The topological polar surface area (TPSA) is 37.9 Å². The maximum absolute atomic E-state index is 13.2. The van der Waals surface area contributed by atoms with Crippen molar-refractivity contribution >= 4 is 33.5 Å². The van der Waals surface area contributed by atoms with Crippen LogP contribution in [-0.4, -0.2) is 16.9 Å². The van der Waals surface area contributed by atoms with E-state index < -0.39 is 0 Å². The number of imidazole rings is 1. The number of carbonyl (C=O) groups excluding carboxylic acids is 1. The third-order valence-corrected chi connectivity index (χ3v) is 5.21. The van der Waals surface area contributed by atoms with E-state index in [0.717, 1.165) is 47.3 Å².